The van der Waals surface area contributed by atoms with Crippen molar-refractivity contribution in [1.29, 1.82) is 0 Å². The number of rotatable bonds is 17. The Bertz CT molecular complexity index is 1800. The summed E-state index contributed by atoms with van der Waals surface area (Å²) in [6, 6.07) is 25.9. The fourth-order valence-electron chi connectivity index (χ4n) is 6.10. The van der Waals surface area contributed by atoms with E-state index in [4.69, 9.17) is 25.2 Å². The molecule has 1 unspecified atom stereocenters. The van der Waals surface area contributed by atoms with Gasteiger partial charge in [0.25, 0.3) is 0 Å². The van der Waals surface area contributed by atoms with E-state index in [9.17, 15) is 4.79 Å². The van der Waals surface area contributed by atoms with Crippen LogP contribution in [-0.4, -0.2) is 52.6 Å². The zero-order chi connectivity index (χ0) is 34.0. The molecule has 48 heavy (non-hydrogen) atoms. The molecule has 3 aromatic carbocycles. The van der Waals surface area contributed by atoms with E-state index in [1.54, 1.807) is 0 Å². The van der Waals surface area contributed by atoms with E-state index in [2.05, 4.69) is 41.5 Å². The number of nitrogens with zero attached hydrogens (tertiary/aromatic N) is 4. The van der Waals surface area contributed by atoms with Gasteiger partial charge >= 0.3 is 0 Å². The Morgan fingerprint density at radius 1 is 0.896 bits per heavy atom. The molecule has 0 spiro atoms. The molecule has 8 heteroatoms. The lowest BCUT2D eigenvalue weighted by Gasteiger charge is -2.22. The predicted octanol–water partition coefficient (Wildman–Crippen LogP) is 7.97. The van der Waals surface area contributed by atoms with Gasteiger partial charge in [-0.2, -0.15) is 0 Å². The summed E-state index contributed by atoms with van der Waals surface area (Å²) in [6.45, 7) is 8.55. The summed E-state index contributed by atoms with van der Waals surface area (Å²) in [5.74, 6) is 1.93. The van der Waals surface area contributed by atoms with Crippen molar-refractivity contribution in [3.8, 4) is 11.6 Å². The summed E-state index contributed by atoms with van der Waals surface area (Å²) >= 11 is 0. The fraction of sp³-hybridized carbons (Fsp3) is 0.375. The molecule has 0 aliphatic heterocycles. The van der Waals surface area contributed by atoms with Crippen LogP contribution in [0, 0.1) is 13.8 Å². The molecule has 5 aromatic rings. The molecule has 252 valence electrons. The molecule has 0 fully saturated rings. The minimum absolute atomic E-state index is 0.239. The maximum atomic E-state index is 12.5. The van der Waals surface area contributed by atoms with Crippen LogP contribution < -0.4 is 10.5 Å². The van der Waals surface area contributed by atoms with E-state index < -0.39 is 5.91 Å². The smallest absolute Gasteiger partial charge is 0.248 e. The van der Waals surface area contributed by atoms with Crippen LogP contribution in [0.25, 0.3) is 11.0 Å². The van der Waals surface area contributed by atoms with Crippen molar-refractivity contribution >= 4 is 16.9 Å². The summed E-state index contributed by atoms with van der Waals surface area (Å²) in [5.41, 5.74) is 13.4. The number of ether oxygens (including phenoxy) is 2. The molecule has 8 nitrogen and oxygen atoms in total. The summed E-state index contributed by atoms with van der Waals surface area (Å²) in [7, 11) is 4.08. The average molecular weight is 648 g/mol. The van der Waals surface area contributed by atoms with E-state index in [-0.39, 0.29) is 6.10 Å². The number of carbonyl (C=O) groups excluding carboxylic acids is 1. The fourth-order valence-corrected chi connectivity index (χ4v) is 6.10. The van der Waals surface area contributed by atoms with Crippen LogP contribution in [0.2, 0.25) is 0 Å². The van der Waals surface area contributed by atoms with Crippen LogP contribution in [-0.2, 0) is 24.1 Å². The van der Waals surface area contributed by atoms with Gasteiger partial charge in [0, 0.05) is 30.8 Å². The largest absolute Gasteiger partial charge is 0.437 e. The number of amides is 1. The Balaban J connectivity index is 1.39. The number of fused-ring (bicyclic) bond motifs is 1. The molecule has 0 saturated heterocycles. The molecule has 1 amide bonds. The summed E-state index contributed by atoms with van der Waals surface area (Å²) in [5, 5.41) is 0. The Hall–Kier alpha value is -4.53. The van der Waals surface area contributed by atoms with Crippen LogP contribution in [0.15, 0.2) is 78.9 Å². The van der Waals surface area contributed by atoms with Crippen molar-refractivity contribution in [2.24, 2.45) is 5.73 Å². The molecule has 5 rings (SSSR count). The molecular weight excluding hydrogens is 598 g/mol. The van der Waals surface area contributed by atoms with Gasteiger partial charge in [-0.1, -0.05) is 74.0 Å². The van der Waals surface area contributed by atoms with Crippen molar-refractivity contribution in [1.82, 2.24) is 19.4 Å². The number of nitrogens with two attached hydrogens (primary N) is 1. The Morgan fingerprint density at radius 2 is 1.62 bits per heavy atom. The SMILES string of the molecule is CCCCc1nc2c(Oc3ccccc3)nc(C)c(C)c2n1CCCCc1cc(C(OCCN(C)C)c2ccccc2)ccc1C(N)=O. The van der Waals surface area contributed by atoms with Gasteiger partial charge in [0.15, 0.2) is 5.52 Å². The molecule has 2 aromatic heterocycles. The van der Waals surface area contributed by atoms with E-state index in [0.29, 0.717) is 18.1 Å². The molecular formula is C40H49N5O3. The maximum absolute atomic E-state index is 12.5. The van der Waals surface area contributed by atoms with Crippen LogP contribution >= 0.6 is 0 Å². The van der Waals surface area contributed by atoms with Crippen molar-refractivity contribution in [2.45, 2.75) is 71.9 Å². The molecule has 0 bridgehead atoms. The highest BCUT2D eigenvalue weighted by Crippen LogP contribution is 2.33. The Morgan fingerprint density at radius 3 is 2.31 bits per heavy atom. The lowest BCUT2D eigenvalue weighted by molar-refractivity contribution is 0.0686. The van der Waals surface area contributed by atoms with Gasteiger partial charge < -0.3 is 24.7 Å². The van der Waals surface area contributed by atoms with Crippen LogP contribution in [0.5, 0.6) is 11.6 Å². The van der Waals surface area contributed by atoms with Gasteiger partial charge in [0.05, 0.1) is 12.1 Å². The second-order valence-corrected chi connectivity index (χ2v) is 12.7. The second kappa shape index (κ2) is 16.5. The normalized spacial score (nSPS) is 12.1. The van der Waals surface area contributed by atoms with Gasteiger partial charge in [-0.25, -0.2) is 9.97 Å². The number of unbranched alkanes of at least 4 members (excludes halogenated alkanes) is 2. The number of para-hydroxylation sites is 1. The van der Waals surface area contributed by atoms with E-state index in [1.807, 2.05) is 81.7 Å². The van der Waals surface area contributed by atoms with E-state index in [1.165, 1.54) is 0 Å². The predicted molar refractivity (Wildman–Crippen MR) is 193 cm³/mol. The minimum atomic E-state index is -0.409. The highest BCUT2D eigenvalue weighted by Gasteiger charge is 2.21. The van der Waals surface area contributed by atoms with E-state index >= 15 is 0 Å². The van der Waals surface area contributed by atoms with Crippen molar-refractivity contribution in [3.63, 3.8) is 0 Å². The zero-order valence-corrected chi connectivity index (χ0v) is 29.0. The maximum Gasteiger partial charge on any atom is 0.248 e. The Labute approximate surface area is 284 Å². The summed E-state index contributed by atoms with van der Waals surface area (Å²) in [6.07, 6.45) is 5.30. The lowest BCUT2D eigenvalue weighted by Crippen LogP contribution is -2.20. The minimum Gasteiger partial charge on any atom is -0.437 e. The first-order chi connectivity index (χ1) is 23.3. The number of primary amides is 1. The molecule has 2 heterocycles. The zero-order valence-electron chi connectivity index (χ0n) is 29.0. The number of carbonyl (C=O) groups is 1. The number of aryl methyl sites for hydroxylation is 5. The highest BCUT2D eigenvalue weighted by atomic mass is 16.5. The van der Waals surface area contributed by atoms with Gasteiger partial charge in [-0.05, 0) is 94.1 Å². The number of imidazole rings is 1. The van der Waals surface area contributed by atoms with E-state index in [0.717, 1.165) is 102 Å². The number of aromatic nitrogens is 3. The first-order valence-electron chi connectivity index (χ1n) is 17.1. The van der Waals surface area contributed by atoms with Crippen molar-refractivity contribution in [2.75, 3.05) is 27.2 Å². The highest BCUT2D eigenvalue weighted by molar-refractivity contribution is 5.94. The first kappa shape index (κ1) is 34.8. The quantitative estimate of drug-likeness (QED) is 0.103. The Kier molecular flexibility index (Phi) is 12.0. The third-order valence-electron chi connectivity index (χ3n) is 8.83. The monoisotopic (exact) mass is 647 g/mol. The number of benzene rings is 3. The first-order valence-corrected chi connectivity index (χ1v) is 17.1. The number of hydrogen-bond donors (Lipinski definition) is 1. The topological polar surface area (TPSA) is 95.5 Å². The second-order valence-electron chi connectivity index (χ2n) is 12.7. The van der Waals surface area contributed by atoms with Gasteiger partial charge in [-0.3, -0.25) is 4.79 Å². The molecule has 0 aliphatic rings. The standard InChI is InChI=1S/C40H49N5O3/c1-6-7-21-35-43-36-37(28(2)29(3)42-40(36)48-33-19-12-9-13-20-33)45(35)24-15-14-18-31-27-32(22-23-34(31)39(41)46)38(47-26-25-44(4)5)30-16-10-8-11-17-30/h8-13,16-17,19-20,22-23,27,38H,6-7,14-15,18,21,24-26H2,1-5H3,(H2,41,46). The third kappa shape index (κ3) is 8.48. The van der Waals surface area contributed by atoms with Gasteiger partial charge in [0.1, 0.15) is 17.7 Å². The molecule has 0 saturated carbocycles. The lowest BCUT2D eigenvalue weighted by atomic mass is 9.94. The van der Waals surface area contributed by atoms with Crippen LogP contribution in [0.4, 0.5) is 0 Å². The molecule has 0 aliphatic carbocycles. The number of likely N-dealkylation sites (N-methyl/N-ethyl adjacent to an activating group) is 1. The van der Waals surface area contributed by atoms with Gasteiger partial charge in [0.2, 0.25) is 11.8 Å². The number of pyridine rings is 1. The van der Waals surface area contributed by atoms with Crippen LogP contribution in [0.3, 0.4) is 0 Å². The third-order valence-corrected chi connectivity index (χ3v) is 8.83. The molecule has 0 radical (unpaired) electrons. The van der Waals surface area contributed by atoms with Crippen molar-refractivity contribution in [3.05, 3.63) is 118 Å². The summed E-state index contributed by atoms with van der Waals surface area (Å²) in [4.78, 5) is 24.6. The van der Waals surface area contributed by atoms with Crippen LogP contribution in [0.1, 0.15) is 82.8 Å². The van der Waals surface area contributed by atoms with Gasteiger partial charge in [-0.15, -0.1) is 0 Å². The average Bonchev–Trinajstić information content (AvgIpc) is 3.45. The summed E-state index contributed by atoms with van der Waals surface area (Å²) < 4.78 is 15.1. The molecule has 2 N–H and O–H groups in total. The number of hydrogen-bond acceptors (Lipinski definition) is 6. The van der Waals surface area contributed by atoms with Crippen molar-refractivity contribution < 1.29 is 14.3 Å². The molecule has 1 atom stereocenters.